The van der Waals surface area contributed by atoms with E-state index in [-0.39, 0.29) is 17.9 Å². The summed E-state index contributed by atoms with van der Waals surface area (Å²) in [5.41, 5.74) is 3.15. The molecule has 0 aliphatic carbocycles. The Balaban J connectivity index is 1.57. The number of rotatable bonds is 6. The number of likely N-dealkylation sites (tertiary alicyclic amines) is 1. The number of hydrogen-bond acceptors (Lipinski definition) is 7. The summed E-state index contributed by atoms with van der Waals surface area (Å²) >= 11 is 0. The molecule has 8 nitrogen and oxygen atoms in total. The van der Waals surface area contributed by atoms with Crippen molar-refractivity contribution in [3.8, 4) is 11.5 Å². The lowest BCUT2D eigenvalue weighted by molar-refractivity contribution is -0.140. The van der Waals surface area contributed by atoms with Crippen molar-refractivity contribution in [3.05, 3.63) is 100 Å². The lowest BCUT2D eigenvalue weighted by Gasteiger charge is -2.26. The van der Waals surface area contributed by atoms with E-state index >= 15 is 0 Å². The smallest absolute Gasteiger partial charge is 0.337 e. The van der Waals surface area contributed by atoms with Crippen LogP contribution in [0.2, 0.25) is 0 Å². The van der Waals surface area contributed by atoms with Crippen LogP contribution in [0.4, 0.5) is 0 Å². The number of benzene rings is 3. The van der Waals surface area contributed by atoms with E-state index in [0.29, 0.717) is 34.6 Å². The van der Waals surface area contributed by atoms with E-state index < -0.39 is 23.7 Å². The van der Waals surface area contributed by atoms with Gasteiger partial charge in [0.15, 0.2) is 0 Å². The molecule has 0 saturated carbocycles. The summed E-state index contributed by atoms with van der Waals surface area (Å²) < 4.78 is 15.7. The Kier molecular flexibility index (Phi) is 6.87. The second kappa shape index (κ2) is 10.4. The van der Waals surface area contributed by atoms with Gasteiger partial charge in [0.1, 0.15) is 17.3 Å². The van der Waals surface area contributed by atoms with Gasteiger partial charge in [-0.1, -0.05) is 24.3 Å². The van der Waals surface area contributed by atoms with E-state index in [1.807, 2.05) is 6.07 Å². The molecule has 3 aromatic rings. The molecule has 2 heterocycles. The molecule has 0 spiro atoms. The van der Waals surface area contributed by atoms with Crippen molar-refractivity contribution >= 4 is 23.4 Å². The summed E-state index contributed by atoms with van der Waals surface area (Å²) in [6.07, 6.45) is 1.66. The van der Waals surface area contributed by atoms with Crippen molar-refractivity contribution in [3.63, 3.8) is 0 Å². The number of carbonyl (C=O) groups excluding carboxylic acids is 3. The molecule has 2 aliphatic heterocycles. The van der Waals surface area contributed by atoms with Crippen LogP contribution in [0.1, 0.15) is 45.1 Å². The number of aliphatic hydroxyl groups is 1. The molecule has 1 N–H and O–H groups in total. The molecular formula is C30H27NO7. The number of carbonyl (C=O) groups is 3. The summed E-state index contributed by atoms with van der Waals surface area (Å²) in [5.74, 6) is -0.796. The van der Waals surface area contributed by atoms with Crippen LogP contribution in [0.3, 0.4) is 0 Å². The van der Waals surface area contributed by atoms with E-state index in [1.165, 1.54) is 12.0 Å². The fraction of sp³-hybridized carbons (Fsp3) is 0.233. The number of amides is 1. The van der Waals surface area contributed by atoms with Gasteiger partial charge >= 0.3 is 5.97 Å². The number of aliphatic hydroxyl groups excluding tert-OH is 1. The molecule has 194 valence electrons. The number of nitrogens with zero attached hydrogens (tertiary/aromatic N) is 1. The summed E-state index contributed by atoms with van der Waals surface area (Å²) in [6.45, 7) is 0.735. The van der Waals surface area contributed by atoms with Crippen molar-refractivity contribution in [1.29, 1.82) is 0 Å². The fourth-order valence-electron chi connectivity index (χ4n) is 4.90. The minimum atomic E-state index is -0.825. The van der Waals surface area contributed by atoms with Gasteiger partial charge in [0, 0.05) is 12.1 Å². The van der Waals surface area contributed by atoms with Gasteiger partial charge in [-0.05, 0) is 72.0 Å². The van der Waals surface area contributed by atoms with E-state index in [1.54, 1.807) is 67.8 Å². The predicted octanol–water partition coefficient (Wildman–Crippen LogP) is 4.43. The Hall–Kier alpha value is -4.59. The van der Waals surface area contributed by atoms with Crippen LogP contribution in [0.25, 0.3) is 5.76 Å². The lowest BCUT2D eigenvalue weighted by atomic mass is 9.94. The number of hydrogen-bond donors (Lipinski definition) is 1. The molecule has 2 aliphatic rings. The van der Waals surface area contributed by atoms with Gasteiger partial charge in [0.05, 0.1) is 38.0 Å². The van der Waals surface area contributed by atoms with Crippen molar-refractivity contribution in [2.75, 3.05) is 20.8 Å². The Bertz CT molecular complexity index is 1420. The number of ether oxygens (including phenoxy) is 3. The highest BCUT2D eigenvalue weighted by molar-refractivity contribution is 6.46. The molecule has 1 unspecified atom stereocenters. The molecule has 38 heavy (non-hydrogen) atoms. The summed E-state index contributed by atoms with van der Waals surface area (Å²) in [5, 5.41) is 11.4. The number of esters is 1. The van der Waals surface area contributed by atoms with E-state index in [9.17, 15) is 19.5 Å². The number of Topliss-reactive ketones (excluding diaryl/α,β-unsaturated/α-hetero) is 1. The highest BCUT2D eigenvalue weighted by Crippen LogP contribution is 2.41. The van der Waals surface area contributed by atoms with E-state index in [0.717, 1.165) is 24.2 Å². The molecule has 8 heteroatoms. The third-order valence-electron chi connectivity index (χ3n) is 6.88. The van der Waals surface area contributed by atoms with Crippen LogP contribution >= 0.6 is 0 Å². The molecule has 0 bridgehead atoms. The first-order chi connectivity index (χ1) is 18.4. The van der Waals surface area contributed by atoms with Crippen LogP contribution in [0.5, 0.6) is 11.5 Å². The number of ketones is 1. The minimum absolute atomic E-state index is 0.0167. The zero-order chi connectivity index (χ0) is 26.8. The summed E-state index contributed by atoms with van der Waals surface area (Å²) in [4.78, 5) is 40.0. The number of fused-ring (bicyclic) bond motifs is 1. The third kappa shape index (κ3) is 4.61. The van der Waals surface area contributed by atoms with Gasteiger partial charge in [0.25, 0.3) is 11.7 Å². The number of methoxy groups -OCH3 is 2. The average molecular weight is 514 g/mol. The van der Waals surface area contributed by atoms with E-state index in [2.05, 4.69) is 0 Å². The van der Waals surface area contributed by atoms with E-state index in [4.69, 9.17) is 14.2 Å². The van der Waals surface area contributed by atoms with Crippen molar-refractivity contribution in [1.82, 2.24) is 4.90 Å². The zero-order valence-corrected chi connectivity index (χ0v) is 21.1. The highest BCUT2D eigenvalue weighted by Gasteiger charge is 2.46. The SMILES string of the molecule is COC(=O)c1ccc(CN2C(=O)C(=O)/C(=C(\O)c3ccc4c(c3)CCCO4)C2c2ccc(OC)cc2)cc1. The van der Waals surface area contributed by atoms with Gasteiger partial charge < -0.3 is 24.2 Å². The lowest BCUT2D eigenvalue weighted by Crippen LogP contribution is -2.29. The van der Waals surface area contributed by atoms with Crippen LogP contribution in [-0.2, 0) is 27.3 Å². The van der Waals surface area contributed by atoms with Crippen molar-refractivity contribution in [2.24, 2.45) is 0 Å². The Morgan fingerprint density at radius 2 is 1.71 bits per heavy atom. The van der Waals surface area contributed by atoms with Gasteiger partial charge in [-0.15, -0.1) is 0 Å². The number of aryl methyl sites for hydroxylation is 1. The molecular weight excluding hydrogens is 486 g/mol. The van der Waals surface area contributed by atoms with Crippen LogP contribution in [0.15, 0.2) is 72.3 Å². The topological polar surface area (TPSA) is 102 Å². The Morgan fingerprint density at radius 1 is 1.00 bits per heavy atom. The third-order valence-corrected chi connectivity index (χ3v) is 6.88. The first kappa shape index (κ1) is 25.1. The zero-order valence-electron chi connectivity index (χ0n) is 21.1. The second-order valence-electron chi connectivity index (χ2n) is 9.16. The van der Waals surface area contributed by atoms with Crippen LogP contribution < -0.4 is 9.47 Å². The van der Waals surface area contributed by atoms with Crippen molar-refractivity contribution < 1.29 is 33.7 Å². The Labute approximate surface area is 220 Å². The fourth-order valence-corrected chi connectivity index (χ4v) is 4.90. The molecule has 1 saturated heterocycles. The van der Waals surface area contributed by atoms with Crippen LogP contribution in [-0.4, -0.2) is 48.5 Å². The largest absolute Gasteiger partial charge is 0.507 e. The van der Waals surface area contributed by atoms with Crippen molar-refractivity contribution in [2.45, 2.75) is 25.4 Å². The van der Waals surface area contributed by atoms with Gasteiger partial charge in [0.2, 0.25) is 0 Å². The maximum Gasteiger partial charge on any atom is 0.337 e. The maximum atomic E-state index is 13.4. The molecule has 0 aromatic heterocycles. The molecule has 3 aromatic carbocycles. The monoisotopic (exact) mass is 513 g/mol. The Morgan fingerprint density at radius 3 is 2.39 bits per heavy atom. The molecule has 1 atom stereocenters. The minimum Gasteiger partial charge on any atom is -0.507 e. The second-order valence-corrected chi connectivity index (χ2v) is 9.16. The first-order valence-corrected chi connectivity index (χ1v) is 12.3. The molecule has 5 rings (SSSR count). The quantitative estimate of drug-likeness (QED) is 0.225. The highest BCUT2D eigenvalue weighted by atomic mass is 16.5. The van der Waals surface area contributed by atoms with Gasteiger partial charge in [-0.25, -0.2) is 4.79 Å². The average Bonchev–Trinajstić information content (AvgIpc) is 3.21. The molecule has 1 fully saturated rings. The standard InChI is InChI=1S/C30H27NO7/c1-36-23-12-9-19(10-13-23)26-25(27(32)22-11-14-24-21(16-22)4-3-15-38-24)28(33)29(34)31(26)17-18-5-7-20(8-6-18)30(35)37-2/h5-14,16,26,32H,3-4,15,17H2,1-2H3/b27-25-. The van der Waals surface area contributed by atoms with Gasteiger partial charge in [-0.2, -0.15) is 0 Å². The summed E-state index contributed by atoms with van der Waals surface area (Å²) in [6, 6.07) is 18.1. The summed E-state index contributed by atoms with van der Waals surface area (Å²) in [7, 11) is 2.86. The molecule has 1 amide bonds. The molecule has 0 radical (unpaired) electrons. The van der Waals surface area contributed by atoms with Crippen LogP contribution in [0, 0.1) is 0 Å². The normalized spacial score (nSPS) is 18.1. The van der Waals surface area contributed by atoms with Gasteiger partial charge in [-0.3, -0.25) is 9.59 Å². The maximum absolute atomic E-state index is 13.4. The first-order valence-electron chi connectivity index (χ1n) is 12.3. The predicted molar refractivity (Wildman–Crippen MR) is 139 cm³/mol.